The monoisotopic (exact) mass is 487 g/mol. The highest BCUT2D eigenvalue weighted by Gasteiger charge is 2.23. The Morgan fingerprint density at radius 1 is 1.22 bits per heavy atom. The first-order valence-electron chi connectivity index (χ1n) is 9.80. The fourth-order valence-corrected chi connectivity index (χ4v) is 3.26. The molecule has 1 fully saturated rings. The van der Waals surface area contributed by atoms with Crippen LogP contribution in [0.1, 0.15) is 33.6 Å². The molecule has 1 amide bonds. The van der Waals surface area contributed by atoms with Gasteiger partial charge in [0, 0.05) is 50.9 Å². The summed E-state index contributed by atoms with van der Waals surface area (Å²) in [5, 5.41) is 6.81. The Bertz CT molecular complexity index is 577. The average Bonchev–Trinajstić information content (AvgIpc) is 3.12. The van der Waals surface area contributed by atoms with Crippen molar-refractivity contribution in [3.05, 3.63) is 30.3 Å². The predicted molar refractivity (Wildman–Crippen MR) is 124 cm³/mol. The highest BCUT2D eigenvalue weighted by Crippen LogP contribution is 2.19. The number of guanidine groups is 1. The molecule has 1 atom stereocenters. The van der Waals surface area contributed by atoms with E-state index in [2.05, 4.69) is 51.7 Å². The summed E-state index contributed by atoms with van der Waals surface area (Å²) in [7, 11) is 0. The smallest absolute Gasteiger partial charge is 0.224 e. The molecule has 27 heavy (non-hydrogen) atoms. The van der Waals surface area contributed by atoms with Crippen molar-refractivity contribution >= 4 is 41.5 Å². The van der Waals surface area contributed by atoms with Gasteiger partial charge >= 0.3 is 0 Å². The van der Waals surface area contributed by atoms with Gasteiger partial charge in [-0.3, -0.25) is 9.79 Å². The summed E-state index contributed by atoms with van der Waals surface area (Å²) in [5.41, 5.74) is 1.27. The topological polar surface area (TPSA) is 60.0 Å². The first kappa shape index (κ1) is 23.5. The van der Waals surface area contributed by atoms with E-state index in [1.807, 2.05) is 24.8 Å². The van der Waals surface area contributed by atoms with Gasteiger partial charge in [0.15, 0.2) is 5.96 Å². The lowest BCUT2D eigenvalue weighted by molar-refractivity contribution is -0.130. The van der Waals surface area contributed by atoms with Gasteiger partial charge in [-0.1, -0.05) is 18.2 Å². The van der Waals surface area contributed by atoms with Gasteiger partial charge in [0.2, 0.25) is 5.91 Å². The molecule has 1 aromatic rings. The van der Waals surface area contributed by atoms with Crippen LogP contribution in [-0.2, 0) is 4.79 Å². The average molecular weight is 487 g/mol. The van der Waals surface area contributed by atoms with E-state index in [0.29, 0.717) is 19.0 Å². The number of aliphatic imine (C=N–C) groups is 1. The van der Waals surface area contributed by atoms with E-state index in [-0.39, 0.29) is 29.9 Å². The number of amides is 1. The molecule has 0 spiro atoms. The molecule has 152 valence electrons. The van der Waals surface area contributed by atoms with Crippen LogP contribution in [0.5, 0.6) is 0 Å². The van der Waals surface area contributed by atoms with Crippen molar-refractivity contribution in [3.63, 3.8) is 0 Å². The maximum absolute atomic E-state index is 12.1. The number of hydrogen-bond donors (Lipinski definition) is 2. The van der Waals surface area contributed by atoms with E-state index in [4.69, 9.17) is 0 Å². The van der Waals surface area contributed by atoms with Crippen LogP contribution in [0, 0.1) is 0 Å². The molecule has 1 unspecified atom stereocenters. The molecular weight excluding hydrogens is 453 g/mol. The van der Waals surface area contributed by atoms with Gasteiger partial charge < -0.3 is 20.4 Å². The normalized spacial score (nSPS) is 16.6. The summed E-state index contributed by atoms with van der Waals surface area (Å²) >= 11 is 0. The zero-order valence-corrected chi connectivity index (χ0v) is 19.1. The second kappa shape index (κ2) is 12.8. The van der Waals surface area contributed by atoms with E-state index < -0.39 is 0 Å². The Kier molecular flexibility index (Phi) is 11.2. The molecule has 0 aromatic heterocycles. The Labute approximate surface area is 180 Å². The Morgan fingerprint density at radius 2 is 1.93 bits per heavy atom. The molecule has 1 aliphatic rings. The van der Waals surface area contributed by atoms with Crippen molar-refractivity contribution in [1.29, 1.82) is 0 Å². The Balaban J connectivity index is 0.00000364. The van der Waals surface area contributed by atoms with Gasteiger partial charge in [-0.05, 0) is 39.3 Å². The third-order valence-corrected chi connectivity index (χ3v) is 4.71. The number of hydrogen-bond acceptors (Lipinski definition) is 3. The molecule has 1 saturated heterocycles. The number of anilines is 1. The van der Waals surface area contributed by atoms with E-state index in [0.717, 1.165) is 45.1 Å². The van der Waals surface area contributed by atoms with Gasteiger partial charge in [0.25, 0.3) is 0 Å². The first-order chi connectivity index (χ1) is 12.7. The molecule has 7 heteroatoms. The van der Waals surface area contributed by atoms with Crippen LogP contribution < -0.4 is 15.5 Å². The van der Waals surface area contributed by atoms with Crippen molar-refractivity contribution in [2.45, 2.75) is 39.7 Å². The van der Waals surface area contributed by atoms with Crippen molar-refractivity contribution in [2.24, 2.45) is 4.99 Å². The van der Waals surface area contributed by atoms with Gasteiger partial charge in [-0.15, -0.1) is 24.0 Å². The number of carbonyl (C=O) groups excluding carboxylic acids is 1. The van der Waals surface area contributed by atoms with E-state index in [9.17, 15) is 4.79 Å². The van der Waals surface area contributed by atoms with Crippen LogP contribution in [0.4, 0.5) is 5.69 Å². The van der Waals surface area contributed by atoms with E-state index in [1.54, 1.807) is 0 Å². The fourth-order valence-electron chi connectivity index (χ4n) is 3.26. The number of halogens is 1. The maximum atomic E-state index is 12.1. The van der Waals surface area contributed by atoms with Crippen molar-refractivity contribution in [2.75, 3.05) is 44.2 Å². The van der Waals surface area contributed by atoms with Crippen LogP contribution >= 0.6 is 24.0 Å². The quantitative estimate of drug-likeness (QED) is 0.337. The van der Waals surface area contributed by atoms with Crippen molar-refractivity contribution < 1.29 is 4.79 Å². The van der Waals surface area contributed by atoms with Crippen molar-refractivity contribution in [3.8, 4) is 0 Å². The minimum atomic E-state index is 0. The van der Waals surface area contributed by atoms with Gasteiger partial charge in [-0.25, -0.2) is 0 Å². The molecule has 0 bridgehead atoms. The van der Waals surface area contributed by atoms with Gasteiger partial charge in [-0.2, -0.15) is 0 Å². The molecule has 6 nitrogen and oxygen atoms in total. The first-order valence-corrected chi connectivity index (χ1v) is 9.80. The zero-order chi connectivity index (χ0) is 18.8. The van der Waals surface area contributed by atoms with E-state index >= 15 is 0 Å². The van der Waals surface area contributed by atoms with Crippen LogP contribution in [0.25, 0.3) is 0 Å². The highest BCUT2D eigenvalue weighted by atomic mass is 127. The third-order valence-electron chi connectivity index (χ3n) is 4.71. The number of nitrogens with zero attached hydrogens (tertiary/aromatic N) is 3. The number of nitrogens with one attached hydrogen (secondary N) is 2. The highest BCUT2D eigenvalue weighted by molar-refractivity contribution is 14.0. The standard InChI is InChI=1S/C20H33N5O.HI/c1-4-21-20(22-14-12-19(26)24(5-2)6-3)23-17-13-15-25(16-17)18-10-8-7-9-11-18;/h7-11,17H,4-6,12-16H2,1-3H3,(H2,21,22,23);1H. The predicted octanol–water partition coefficient (Wildman–Crippen LogP) is 2.70. The summed E-state index contributed by atoms with van der Waals surface area (Å²) in [6.07, 6.45) is 1.54. The lowest BCUT2D eigenvalue weighted by atomic mass is 10.2. The molecule has 2 rings (SSSR count). The summed E-state index contributed by atoms with van der Waals surface area (Å²) < 4.78 is 0. The third kappa shape index (κ3) is 7.56. The van der Waals surface area contributed by atoms with Gasteiger partial charge in [0.05, 0.1) is 6.54 Å². The van der Waals surface area contributed by atoms with Crippen LogP contribution in [-0.4, -0.2) is 62.1 Å². The molecular formula is C20H34IN5O. The molecule has 1 aliphatic heterocycles. The summed E-state index contributed by atoms with van der Waals surface area (Å²) in [6, 6.07) is 10.9. The lowest BCUT2D eigenvalue weighted by Crippen LogP contribution is -2.44. The zero-order valence-electron chi connectivity index (χ0n) is 16.8. The van der Waals surface area contributed by atoms with Crippen LogP contribution in [0.3, 0.4) is 0 Å². The second-order valence-corrected chi connectivity index (χ2v) is 6.49. The number of para-hydroxylation sites is 1. The summed E-state index contributed by atoms with van der Waals surface area (Å²) in [4.78, 5) is 20.9. The van der Waals surface area contributed by atoms with Crippen LogP contribution in [0.15, 0.2) is 35.3 Å². The Hall–Kier alpha value is -1.51. The second-order valence-electron chi connectivity index (χ2n) is 6.49. The van der Waals surface area contributed by atoms with Crippen molar-refractivity contribution in [1.82, 2.24) is 15.5 Å². The van der Waals surface area contributed by atoms with Crippen LogP contribution in [0.2, 0.25) is 0 Å². The largest absolute Gasteiger partial charge is 0.369 e. The fraction of sp³-hybridized carbons (Fsp3) is 0.600. The SMILES string of the molecule is CCNC(=NCCC(=O)N(CC)CC)NC1CCN(c2ccccc2)C1.I. The molecule has 0 radical (unpaired) electrons. The minimum Gasteiger partial charge on any atom is -0.369 e. The number of carbonyl (C=O) groups is 1. The van der Waals surface area contributed by atoms with E-state index in [1.165, 1.54) is 5.69 Å². The molecule has 1 heterocycles. The Morgan fingerprint density at radius 3 is 2.56 bits per heavy atom. The number of rotatable bonds is 8. The molecule has 1 aromatic carbocycles. The summed E-state index contributed by atoms with van der Waals surface area (Å²) in [5.74, 6) is 0.977. The van der Waals surface area contributed by atoms with Gasteiger partial charge in [0.1, 0.15) is 0 Å². The number of benzene rings is 1. The summed E-state index contributed by atoms with van der Waals surface area (Å²) in [6.45, 7) is 10.9. The molecule has 0 saturated carbocycles. The molecule has 2 N–H and O–H groups in total. The molecule has 0 aliphatic carbocycles. The maximum Gasteiger partial charge on any atom is 0.224 e. The minimum absolute atomic E-state index is 0. The lowest BCUT2D eigenvalue weighted by Gasteiger charge is -2.20.